The van der Waals surface area contributed by atoms with E-state index >= 15 is 0 Å². The van der Waals surface area contributed by atoms with Gasteiger partial charge in [0.05, 0.1) is 9.82 Å². The van der Waals surface area contributed by atoms with E-state index in [2.05, 4.69) is 34.5 Å². The molecule has 9 heteroatoms. The van der Waals surface area contributed by atoms with Crippen molar-refractivity contribution in [2.75, 3.05) is 18.4 Å². The largest absolute Gasteiger partial charge is 0.377 e. The highest BCUT2D eigenvalue weighted by atomic mass is 32.2. The van der Waals surface area contributed by atoms with Crippen LogP contribution in [0.15, 0.2) is 47.4 Å². The number of anilines is 1. The second-order valence-electron chi connectivity index (χ2n) is 7.77. The summed E-state index contributed by atoms with van der Waals surface area (Å²) in [5.41, 5.74) is 2.92. The summed E-state index contributed by atoms with van der Waals surface area (Å²) >= 11 is 0. The summed E-state index contributed by atoms with van der Waals surface area (Å²) in [5, 5.41) is 19.7. The van der Waals surface area contributed by atoms with Crippen LogP contribution in [0.4, 0.5) is 11.4 Å². The molecule has 1 heterocycles. The average Bonchev–Trinajstić information content (AvgIpc) is 3.12. The molecule has 29 heavy (non-hydrogen) atoms. The van der Waals surface area contributed by atoms with Crippen LogP contribution in [-0.2, 0) is 22.9 Å². The van der Waals surface area contributed by atoms with Crippen molar-refractivity contribution >= 4 is 21.4 Å². The Hall–Kier alpha value is -2.49. The van der Waals surface area contributed by atoms with E-state index in [-0.39, 0.29) is 16.6 Å². The van der Waals surface area contributed by atoms with Gasteiger partial charge in [0.25, 0.3) is 5.69 Å². The van der Waals surface area contributed by atoms with Gasteiger partial charge < -0.3 is 5.32 Å². The van der Waals surface area contributed by atoms with Gasteiger partial charge in [-0.15, -0.1) is 0 Å². The Morgan fingerprint density at radius 2 is 1.69 bits per heavy atom. The third kappa shape index (κ3) is 4.26. The number of fused-ring (bicyclic) bond motifs is 1. The number of likely N-dealkylation sites (tertiary alicyclic amines) is 1. The minimum absolute atomic E-state index is 0.106. The molecule has 2 aliphatic rings. The van der Waals surface area contributed by atoms with Crippen LogP contribution < -0.4 is 10.5 Å². The van der Waals surface area contributed by atoms with Gasteiger partial charge in [-0.3, -0.25) is 15.0 Å². The lowest BCUT2D eigenvalue weighted by atomic mass is 10.0. The van der Waals surface area contributed by atoms with Crippen LogP contribution in [0, 0.1) is 10.1 Å². The van der Waals surface area contributed by atoms with Crippen LogP contribution in [0.2, 0.25) is 0 Å². The number of benzene rings is 2. The zero-order valence-corrected chi connectivity index (χ0v) is 16.8. The number of nitro groups is 1. The summed E-state index contributed by atoms with van der Waals surface area (Å²) in [6.45, 7) is 1.86. The second kappa shape index (κ2) is 7.74. The van der Waals surface area contributed by atoms with Gasteiger partial charge in [-0.25, -0.2) is 13.6 Å². The van der Waals surface area contributed by atoms with Gasteiger partial charge in [-0.1, -0.05) is 24.3 Å². The monoisotopic (exact) mass is 416 g/mol. The first-order chi connectivity index (χ1) is 13.8. The standard InChI is InChI=1S/C20H24N4O4S/c21-29(27,28)18-5-6-19(20(13-18)24(25)26)22-16-7-9-23(10-8-16)17-11-14-3-1-2-4-15(14)12-17/h1-6,13,16-17,22H,7-12H2,(H2,21,27,28). The van der Waals surface area contributed by atoms with Crippen molar-refractivity contribution in [3.8, 4) is 0 Å². The summed E-state index contributed by atoms with van der Waals surface area (Å²) in [7, 11) is -3.99. The van der Waals surface area contributed by atoms with Crippen LogP contribution in [0.25, 0.3) is 0 Å². The van der Waals surface area contributed by atoms with Crippen LogP contribution in [0.1, 0.15) is 24.0 Å². The highest BCUT2D eigenvalue weighted by Crippen LogP contribution is 2.31. The van der Waals surface area contributed by atoms with E-state index in [1.54, 1.807) is 0 Å². The molecule has 0 bridgehead atoms. The van der Waals surface area contributed by atoms with Crippen LogP contribution in [0.3, 0.4) is 0 Å². The number of hydrogen-bond acceptors (Lipinski definition) is 6. The van der Waals surface area contributed by atoms with Crippen molar-refractivity contribution in [1.29, 1.82) is 0 Å². The summed E-state index contributed by atoms with van der Waals surface area (Å²) in [5.74, 6) is 0. The highest BCUT2D eigenvalue weighted by molar-refractivity contribution is 7.89. The molecule has 0 amide bonds. The first-order valence-corrected chi connectivity index (χ1v) is 11.2. The number of rotatable bonds is 5. The molecule has 4 rings (SSSR count). The summed E-state index contributed by atoms with van der Waals surface area (Å²) in [6.07, 6.45) is 3.91. The molecule has 154 valence electrons. The van der Waals surface area contributed by atoms with Crippen molar-refractivity contribution in [1.82, 2.24) is 4.90 Å². The lowest BCUT2D eigenvalue weighted by Gasteiger charge is -2.36. The number of nitrogens with two attached hydrogens (primary N) is 1. The maximum absolute atomic E-state index is 11.5. The predicted molar refractivity (Wildman–Crippen MR) is 110 cm³/mol. The maximum atomic E-state index is 11.5. The van der Waals surface area contributed by atoms with Crippen molar-refractivity contribution in [2.45, 2.75) is 42.7 Å². The number of nitro benzene ring substituents is 1. The van der Waals surface area contributed by atoms with E-state index in [1.165, 1.54) is 23.3 Å². The Bertz CT molecular complexity index is 1010. The summed E-state index contributed by atoms with van der Waals surface area (Å²) < 4.78 is 23.0. The number of hydrogen-bond donors (Lipinski definition) is 2. The molecular weight excluding hydrogens is 392 g/mol. The molecule has 1 fully saturated rings. The second-order valence-corrected chi connectivity index (χ2v) is 9.33. The SMILES string of the molecule is NS(=O)(=O)c1ccc(NC2CCN(C3Cc4ccccc4C3)CC2)c([N+](=O)[O-])c1. The molecule has 0 aromatic heterocycles. The van der Waals surface area contributed by atoms with Gasteiger partial charge in [-0.05, 0) is 48.9 Å². The van der Waals surface area contributed by atoms with Gasteiger partial charge in [0.2, 0.25) is 10.0 Å². The van der Waals surface area contributed by atoms with E-state index in [1.807, 2.05) is 0 Å². The topological polar surface area (TPSA) is 119 Å². The van der Waals surface area contributed by atoms with E-state index in [4.69, 9.17) is 5.14 Å². The number of piperidine rings is 1. The van der Waals surface area contributed by atoms with E-state index in [9.17, 15) is 18.5 Å². The lowest BCUT2D eigenvalue weighted by Crippen LogP contribution is -2.45. The van der Waals surface area contributed by atoms with E-state index in [0.29, 0.717) is 11.7 Å². The fraction of sp³-hybridized carbons (Fsp3) is 0.400. The Morgan fingerprint density at radius 1 is 1.07 bits per heavy atom. The molecule has 0 atom stereocenters. The molecule has 3 N–H and O–H groups in total. The minimum atomic E-state index is -3.99. The first-order valence-electron chi connectivity index (χ1n) is 9.70. The maximum Gasteiger partial charge on any atom is 0.293 e. The number of primary sulfonamides is 1. The molecule has 2 aromatic rings. The smallest absolute Gasteiger partial charge is 0.293 e. The lowest BCUT2D eigenvalue weighted by molar-refractivity contribution is -0.384. The summed E-state index contributed by atoms with van der Waals surface area (Å²) in [6, 6.07) is 13.0. The molecule has 1 saturated heterocycles. The fourth-order valence-corrected chi connectivity index (χ4v) is 4.92. The Labute approximate surface area is 169 Å². The van der Waals surface area contributed by atoms with Gasteiger partial charge >= 0.3 is 0 Å². The van der Waals surface area contributed by atoms with Gasteiger partial charge in [0, 0.05) is 31.2 Å². The minimum Gasteiger partial charge on any atom is -0.377 e. The third-order valence-corrected chi connectivity index (χ3v) is 6.84. The summed E-state index contributed by atoms with van der Waals surface area (Å²) in [4.78, 5) is 13.1. The molecule has 1 aliphatic heterocycles. The molecule has 0 radical (unpaired) electrons. The van der Waals surface area contributed by atoms with Gasteiger partial charge in [0.15, 0.2) is 0 Å². The van der Waals surface area contributed by atoms with Crippen LogP contribution in [-0.4, -0.2) is 43.4 Å². The van der Waals surface area contributed by atoms with Gasteiger partial charge in [0.1, 0.15) is 5.69 Å². The third-order valence-electron chi connectivity index (χ3n) is 5.93. The first kappa shape index (κ1) is 19.8. The zero-order chi connectivity index (χ0) is 20.6. The van der Waals surface area contributed by atoms with Crippen molar-refractivity contribution < 1.29 is 13.3 Å². The molecule has 8 nitrogen and oxygen atoms in total. The fourth-order valence-electron chi connectivity index (χ4n) is 4.38. The van der Waals surface area contributed by atoms with Crippen molar-refractivity contribution in [2.24, 2.45) is 5.14 Å². The molecular formula is C20H24N4O4S. The van der Waals surface area contributed by atoms with Crippen LogP contribution in [0.5, 0.6) is 0 Å². The molecule has 1 aliphatic carbocycles. The molecule has 0 saturated carbocycles. The quantitative estimate of drug-likeness (QED) is 0.570. The Balaban J connectivity index is 1.39. The van der Waals surface area contributed by atoms with Crippen molar-refractivity contribution in [3.05, 3.63) is 63.7 Å². The number of nitrogens with one attached hydrogen (secondary N) is 1. The van der Waals surface area contributed by atoms with Crippen LogP contribution >= 0.6 is 0 Å². The number of sulfonamides is 1. The number of nitrogens with zero attached hydrogens (tertiary/aromatic N) is 2. The van der Waals surface area contributed by atoms with E-state index in [0.717, 1.165) is 44.8 Å². The normalized spacial score (nSPS) is 18.5. The van der Waals surface area contributed by atoms with E-state index < -0.39 is 14.9 Å². The molecule has 2 aromatic carbocycles. The predicted octanol–water partition coefficient (Wildman–Crippen LogP) is 2.29. The molecule has 0 spiro atoms. The average molecular weight is 417 g/mol. The highest BCUT2D eigenvalue weighted by Gasteiger charge is 2.30. The Kier molecular flexibility index (Phi) is 5.28. The van der Waals surface area contributed by atoms with Gasteiger partial charge in [-0.2, -0.15) is 0 Å². The zero-order valence-electron chi connectivity index (χ0n) is 16.0. The molecule has 0 unspecified atom stereocenters. The van der Waals surface area contributed by atoms with Crippen molar-refractivity contribution in [3.63, 3.8) is 0 Å². The Morgan fingerprint density at radius 3 is 2.24 bits per heavy atom.